The van der Waals surface area contributed by atoms with Crippen molar-refractivity contribution in [3.8, 4) is 0 Å². The van der Waals surface area contributed by atoms with Crippen molar-refractivity contribution in [2.45, 2.75) is 119 Å². The Labute approximate surface area is 329 Å². The third-order valence-corrected chi connectivity index (χ3v) is 9.88. The predicted octanol–water partition coefficient (Wildman–Crippen LogP) is 3.91. The molecule has 15 nitrogen and oxygen atoms in total. The number of likely N-dealkylation sites (tertiary alicyclic amines) is 1. The summed E-state index contributed by atoms with van der Waals surface area (Å²) in [5.41, 5.74) is 5.38. The maximum Gasteiger partial charge on any atom is 0.312 e. The number of nitrogens with one attached hydrogen (secondary N) is 2. The number of hydrogen-bond acceptors (Lipinski definition) is 10. The van der Waals surface area contributed by atoms with Crippen LogP contribution in [0.1, 0.15) is 111 Å². The number of nitrogens with two attached hydrogens (primary N) is 1. The lowest BCUT2D eigenvalue weighted by Crippen LogP contribution is -2.46. The molecule has 2 rings (SSSR count). The van der Waals surface area contributed by atoms with E-state index in [9.17, 15) is 48.3 Å². The minimum atomic E-state index is -1.18. The van der Waals surface area contributed by atoms with Crippen molar-refractivity contribution in [3.63, 3.8) is 0 Å². The van der Waals surface area contributed by atoms with Gasteiger partial charge in [0.05, 0.1) is 23.9 Å². The highest BCUT2D eigenvalue weighted by molar-refractivity contribution is 6.06. The fourth-order valence-corrected chi connectivity index (χ4v) is 6.28. The molecule has 1 unspecified atom stereocenters. The molecule has 1 aromatic carbocycles. The molecule has 1 aliphatic heterocycles. The van der Waals surface area contributed by atoms with Gasteiger partial charge in [0.25, 0.3) is 0 Å². The molecular formula is C41H60N4O11. The van der Waals surface area contributed by atoms with E-state index in [-0.39, 0.29) is 57.0 Å². The van der Waals surface area contributed by atoms with Crippen LogP contribution in [0, 0.1) is 34.5 Å². The van der Waals surface area contributed by atoms with Crippen LogP contribution in [0.2, 0.25) is 0 Å². The number of carbonyl (C=O) groups excluding carboxylic acids is 8. The molecule has 1 aromatic rings. The van der Waals surface area contributed by atoms with E-state index >= 15 is 0 Å². The Morgan fingerprint density at radius 2 is 1.52 bits per heavy atom. The molecule has 1 aliphatic rings. The first-order valence-corrected chi connectivity index (χ1v) is 19.1. The number of ether oxygens (including phenoxy) is 1. The minimum Gasteiger partial charge on any atom is -0.481 e. The second kappa shape index (κ2) is 20.8. The molecule has 5 N–H and O–H groups in total. The van der Waals surface area contributed by atoms with Gasteiger partial charge in [-0.15, -0.1) is 0 Å². The summed E-state index contributed by atoms with van der Waals surface area (Å²) in [6.45, 7) is 13.8. The lowest BCUT2D eigenvalue weighted by molar-refractivity contribution is -0.154. The maximum atomic E-state index is 13.8. The molecule has 0 aromatic heterocycles. The summed E-state index contributed by atoms with van der Waals surface area (Å²) >= 11 is 0. The molecule has 15 heteroatoms. The third kappa shape index (κ3) is 15.3. The zero-order valence-corrected chi connectivity index (χ0v) is 34.0. The van der Waals surface area contributed by atoms with Gasteiger partial charge < -0.3 is 26.2 Å². The smallest absolute Gasteiger partial charge is 0.312 e. The highest BCUT2D eigenvalue weighted by Crippen LogP contribution is 2.35. The van der Waals surface area contributed by atoms with Gasteiger partial charge in [0.1, 0.15) is 12.4 Å². The summed E-state index contributed by atoms with van der Waals surface area (Å²) in [7, 11) is 0. The van der Waals surface area contributed by atoms with Gasteiger partial charge in [-0.1, -0.05) is 58.9 Å². The van der Waals surface area contributed by atoms with Crippen LogP contribution in [0.4, 0.5) is 4.79 Å². The molecule has 1 heterocycles. The predicted molar refractivity (Wildman–Crippen MR) is 205 cm³/mol. The largest absolute Gasteiger partial charge is 0.481 e. The number of esters is 1. The zero-order valence-electron chi connectivity index (χ0n) is 34.0. The number of rotatable bonds is 22. The lowest BCUT2D eigenvalue weighted by Gasteiger charge is -2.26. The number of primary amides is 1. The quantitative estimate of drug-likeness (QED) is 0.0747. The molecule has 5 amide bonds. The second-order valence-corrected chi connectivity index (χ2v) is 17.1. The van der Waals surface area contributed by atoms with E-state index in [1.807, 2.05) is 20.8 Å². The van der Waals surface area contributed by atoms with Crippen LogP contribution in [0.5, 0.6) is 0 Å². The number of carboxylic acids is 1. The average molecular weight is 785 g/mol. The number of carbonyl (C=O) groups is 9. The normalized spacial score (nSPS) is 16.2. The van der Waals surface area contributed by atoms with Gasteiger partial charge in [0.15, 0.2) is 11.6 Å². The van der Waals surface area contributed by atoms with Gasteiger partial charge in [-0.25, -0.2) is 4.79 Å². The van der Waals surface area contributed by atoms with E-state index < -0.39 is 101 Å². The standard InChI is InChI=1S/C41H60N4O11/c1-24(2)29(20-32(47)27(15-16-35(50)51)19-28(46)22-45-34(49)21-30(37(45)53)40(3,4)5)36(52)44-31(10-9-17-43-39(42)55)33(48)18-25-11-13-26(14-12-25)23-56-38(54)41(6,7)8/h11-14,24,27,29-31H,9-10,15-23H2,1-8H3,(H,44,52)(H,50,51)(H3,42,43,55)/t27-,29+,30?,31+/m1/s1. The van der Waals surface area contributed by atoms with Crippen LogP contribution in [0.15, 0.2) is 24.3 Å². The van der Waals surface area contributed by atoms with Gasteiger partial charge in [0, 0.05) is 50.5 Å². The summed E-state index contributed by atoms with van der Waals surface area (Å²) in [4.78, 5) is 116. The number of ketones is 3. The van der Waals surface area contributed by atoms with Gasteiger partial charge in [-0.2, -0.15) is 0 Å². The number of imide groups is 1. The fourth-order valence-electron chi connectivity index (χ4n) is 6.28. The van der Waals surface area contributed by atoms with Gasteiger partial charge >= 0.3 is 18.0 Å². The third-order valence-electron chi connectivity index (χ3n) is 9.88. The van der Waals surface area contributed by atoms with Gasteiger partial charge in [-0.3, -0.25) is 43.3 Å². The SMILES string of the molecule is CC(C)[C@H](CC(=O)[C@H](CCC(=O)O)CC(=O)CN1C(=O)CC(C(C)(C)C)C1=O)C(=O)N[C@@H](CCCNC(N)=O)C(=O)Cc1ccc(COC(=O)C(C)(C)C)cc1. The van der Waals surface area contributed by atoms with Gasteiger partial charge in [0.2, 0.25) is 17.7 Å². The number of nitrogens with zero attached hydrogens (tertiary/aromatic N) is 1. The molecule has 0 aliphatic carbocycles. The number of carboxylic acid groups (broad SMARTS) is 1. The van der Waals surface area contributed by atoms with Crippen molar-refractivity contribution in [1.82, 2.24) is 15.5 Å². The highest BCUT2D eigenvalue weighted by atomic mass is 16.5. The lowest BCUT2D eigenvalue weighted by atomic mass is 9.80. The molecular weight excluding hydrogens is 724 g/mol. The van der Waals surface area contributed by atoms with E-state index in [4.69, 9.17) is 10.5 Å². The molecule has 56 heavy (non-hydrogen) atoms. The summed E-state index contributed by atoms with van der Waals surface area (Å²) < 4.78 is 5.36. The second-order valence-electron chi connectivity index (χ2n) is 17.1. The Bertz CT molecular complexity index is 1620. The van der Waals surface area contributed by atoms with Crippen LogP contribution >= 0.6 is 0 Å². The first-order chi connectivity index (χ1) is 25.9. The number of urea groups is 1. The van der Waals surface area contributed by atoms with E-state index in [1.165, 1.54) is 0 Å². The Balaban J connectivity index is 2.20. The van der Waals surface area contributed by atoms with Crippen LogP contribution < -0.4 is 16.4 Å². The molecule has 1 fully saturated rings. The molecule has 0 saturated carbocycles. The Kier molecular flexibility index (Phi) is 17.5. The molecule has 310 valence electrons. The Morgan fingerprint density at radius 1 is 0.911 bits per heavy atom. The van der Waals surface area contributed by atoms with Crippen molar-refractivity contribution in [2.75, 3.05) is 13.1 Å². The maximum absolute atomic E-state index is 13.8. The van der Waals surface area contributed by atoms with E-state index in [2.05, 4.69) is 10.6 Å². The first kappa shape index (κ1) is 47.2. The molecule has 4 atom stereocenters. The highest BCUT2D eigenvalue weighted by Gasteiger charge is 2.45. The topological polar surface area (TPSA) is 236 Å². The minimum absolute atomic E-state index is 0.0317. The summed E-state index contributed by atoms with van der Waals surface area (Å²) in [5.74, 6) is -7.55. The summed E-state index contributed by atoms with van der Waals surface area (Å²) in [6, 6.07) is 5.16. The summed E-state index contributed by atoms with van der Waals surface area (Å²) in [6.07, 6.45) is -1.03. The number of benzene rings is 1. The van der Waals surface area contributed by atoms with Crippen molar-refractivity contribution < 1.29 is 53.0 Å². The molecule has 0 radical (unpaired) electrons. The van der Waals surface area contributed by atoms with Crippen LogP contribution in [-0.2, 0) is 56.1 Å². The zero-order chi connectivity index (χ0) is 42.5. The first-order valence-electron chi connectivity index (χ1n) is 19.1. The van der Waals surface area contributed by atoms with Crippen molar-refractivity contribution in [3.05, 3.63) is 35.4 Å². The number of amides is 5. The van der Waals surface area contributed by atoms with E-state index in [0.29, 0.717) is 12.0 Å². The van der Waals surface area contributed by atoms with E-state index in [0.717, 1.165) is 10.5 Å². The number of aliphatic carboxylic acids is 1. The Hall–Kier alpha value is -4.95. The van der Waals surface area contributed by atoms with Crippen LogP contribution in [0.3, 0.4) is 0 Å². The monoisotopic (exact) mass is 784 g/mol. The fraction of sp³-hybridized carbons (Fsp3) is 0.634. The van der Waals surface area contributed by atoms with Crippen molar-refractivity contribution in [2.24, 2.45) is 40.2 Å². The molecule has 0 bridgehead atoms. The molecule has 1 saturated heterocycles. The number of Topliss-reactive ketones (excluding diaryl/α,β-unsaturated/α-hetero) is 3. The summed E-state index contributed by atoms with van der Waals surface area (Å²) in [5, 5.41) is 14.6. The van der Waals surface area contributed by atoms with Crippen LogP contribution in [0.25, 0.3) is 0 Å². The van der Waals surface area contributed by atoms with Gasteiger partial charge in [-0.05, 0) is 62.5 Å². The Morgan fingerprint density at radius 3 is 2.04 bits per heavy atom. The molecule has 0 spiro atoms. The average Bonchev–Trinajstić information content (AvgIpc) is 3.37. The number of hydrogen-bond donors (Lipinski definition) is 4. The van der Waals surface area contributed by atoms with Crippen molar-refractivity contribution in [1.29, 1.82) is 0 Å². The van der Waals surface area contributed by atoms with Crippen molar-refractivity contribution >= 4 is 53.0 Å². The van der Waals surface area contributed by atoms with Crippen LogP contribution in [-0.4, -0.2) is 82.2 Å². The van der Waals surface area contributed by atoms with E-state index in [1.54, 1.807) is 58.9 Å².